The summed E-state index contributed by atoms with van der Waals surface area (Å²) in [6.45, 7) is 2.91. The average Bonchev–Trinajstić information content (AvgIpc) is 3.16. The summed E-state index contributed by atoms with van der Waals surface area (Å²) >= 11 is 0. The minimum Gasteiger partial charge on any atom is -0.477 e. The second-order valence-corrected chi connectivity index (χ2v) is 5.00. The lowest BCUT2D eigenvalue weighted by Crippen LogP contribution is -2.15. The van der Waals surface area contributed by atoms with Crippen molar-refractivity contribution in [2.24, 2.45) is 5.41 Å². The van der Waals surface area contributed by atoms with Gasteiger partial charge in [0.15, 0.2) is 0 Å². The Kier molecular flexibility index (Phi) is 3.42. The first-order valence-corrected chi connectivity index (χ1v) is 6.23. The van der Waals surface area contributed by atoms with Gasteiger partial charge in [0, 0.05) is 18.3 Å². The SMILES string of the molecule is CCC1(CNc2ccc([N+](=O)[O-])c(C(=O)O)c2)CC1. The van der Waals surface area contributed by atoms with Crippen molar-refractivity contribution in [3.8, 4) is 0 Å². The van der Waals surface area contributed by atoms with E-state index < -0.39 is 10.9 Å². The van der Waals surface area contributed by atoms with E-state index in [2.05, 4.69) is 12.2 Å². The molecule has 0 bridgehead atoms. The normalized spacial score (nSPS) is 15.8. The molecule has 0 spiro atoms. The van der Waals surface area contributed by atoms with Gasteiger partial charge in [0.25, 0.3) is 5.69 Å². The molecular formula is C13H16N2O4. The quantitative estimate of drug-likeness (QED) is 0.608. The number of carboxylic acid groups (broad SMARTS) is 1. The average molecular weight is 264 g/mol. The van der Waals surface area contributed by atoms with Crippen LogP contribution < -0.4 is 5.32 Å². The van der Waals surface area contributed by atoms with Crippen molar-refractivity contribution >= 4 is 17.3 Å². The third-order valence-corrected chi connectivity index (χ3v) is 3.80. The Labute approximate surface area is 110 Å². The molecule has 6 heteroatoms. The topological polar surface area (TPSA) is 92.5 Å². The molecule has 0 amide bonds. The van der Waals surface area contributed by atoms with E-state index in [1.54, 1.807) is 6.07 Å². The zero-order valence-electron chi connectivity index (χ0n) is 10.7. The minimum atomic E-state index is -1.29. The molecular weight excluding hydrogens is 248 g/mol. The van der Waals surface area contributed by atoms with Crippen LogP contribution in [0.1, 0.15) is 36.5 Å². The number of nitrogens with zero attached hydrogens (tertiary/aromatic N) is 1. The monoisotopic (exact) mass is 264 g/mol. The van der Waals surface area contributed by atoms with Gasteiger partial charge in [0.05, 0.1) is 4.92 Å². The van der Waals surface area contributed by atoms with Crippen LogP contribution in [-0.2, 0) is 0 Å². The largest absolute Gasteiger partial charge is 0.477 e. The maximum Gasteiger partial charge on any atom is 0.342 e. The zero-order chi connectivity index (χ0) is 14.0. The molecule has 0 heterocycles. The van der Waals surface area contributed by atoms with Crippen LogP contribution in [0.2, 0.25) is 0 Å². The van der Waals surface area contributed by atoms with Crippen LogP contribution in [0.5, 0.6) is 0 Å². The van der Waals surface area contributed by atoms with Crippen LogP contribution in [-0.4, -0.2) is 22.5 Å². The van der Waals surface area contributed by atoms with E-state index in [0.717, 1.165) is 13.0 Å². The number of nitro benzene ring substituents is 1. The Hall–Kier alpha value is -2.11. The van der Waals surface area contributed by atoms with E-state index in [1.807, 2.05) is 0 Å². The van der Waals surface area contributed by atoms with Gasteiger partial charge in [-0.05, 0) is 36.8 Å². The number of benzene rings is 1. The Morgan fingerprint density at radius 2 is 2.21 bits per heavy atom. The molecule has 1 fully saturated rings. The summed E-state index contributed by atoms with van der Waals surface area (Å²) in [4.78, 5) is 21.1. The lowest BCUT2D eigenvalue weighted by atomic mass is 10.0. The van der Waals surface area contributed by atoms with Crippen LogP contribution in [0.3, 0.4) is 0 Å². The highest BCUT2D eigenvalue weighted by molar-refractivity contribution is 5.93. The molecule has 102 valence electrons. The standard InChI is InChI=1S/C13H16N2O4/c1-2-13(5-6-13)8-14-9-3-4-11(15(18)19)10(7-9)12(16)17/h3-4,7,14H,2,5-6,8H2,1H3,(H,16,17). The molecule has 0 saturated heterocycles. The lowest BCUT2D eigenvalue weighted by Gasteiger charge is -2.14. The number of nitro groups is 1. The van der Waals surface area contributed by atoms with Crippen molar-refractivity contribution in [3.63, 3.8) is 0 Å². The number of anilines is 1. The van der Waals surface area contributed by atoms with Crippen LogP contribution in [0.25, 0.3) is 0 Å². The van der Waals surface area contributed by atoms with E-state index in [9.17, 15) is 14.9 Å². The number of carbonyl (C=O) groups is 1. The summed E-state index contributed by atoms with van der Waals surface area (Å²) in [7, 11) is 0. The summed E-state index contributed by atoms with van der Waals surface area (Å²) in [5.74, 6) is -1.29. The van der Waals surface area contributed by atoms with Gasteiger partial charge in [-0.3, -0.25) is 10.1 Å². The Morgan fingerprint density at radius 3 is 2.68 bits per heavy atom. The number of nitrogens with one attached hydrogen (secondary N) is 1. The summed E-state index contributed by atoms with van der Waals surface area (Å²) in [5.41, 5.74) is 0.277. The molecule has 2 rings (SSSR count). The number of rotatable bonds is 6. The van der Waals surface area contributed by atoms with Gasteiger partial charge in [-0.15, -0.1) is 0 Å². The molecule has 2 N–H and O–H groups in total. The van der Waals surface area contributed by atoms with Gasteiger partial charge in [-0.2, -0.15) is 0 Å². The summed E-state index contributed by atoms with van der Waals surface area (Å²) in [6, 6.07) is 4.11. The maximum absolute atomic E-state index is 11.0. The van der Waals surface area contributed by atoms with Gasteiger partial charge in [-0.25, -0.2) is 4.79 Å². The highest BCUT2D eigenvalue weighted by atomic mass is 16.6. The van der Waals surface area contributed by atoms with Gasteiger partial charge < -0.3 is 10.4 Å². The number of hydrogen-bond acceptors (Lipinski definition) is 4. The van der Waals surface area contributed by atoms with Crippen molar-refractivity contribution in [3.05, 3.63) is 33.9 Å². The van der Waals surface area contributed by atoms with Crippen LogP contribution >= 0.6 is 0 Å². The van der Waals surface area contributed by atoms with Gasteiger partial charge in [0.1, 0.15) is 5.56 Å². The Balaban J connectivity index is 2.16. The molecule has 0 atom stereocenters. The third-order valence-electron chi connectivity index (χ3n) is 3.80. The van der Waals surface area contributed by atoms with Gasteiger partial charge in [0.2, 0.25) is 0 Å². The Morgan fingerprint density at radius 1 is 1.53 bits per heavy atom. The van der Waals surface area contributed by atoms with Crippen LogP contribution in [0.15, 0.2) is 18.2 Å². The molecule has 1 aliphatic carbocycles. The van der Waals surface area contributed by atoms with Crippen LogP contribution in [0.4, 0.5) is 11.4 Å². The number of carboxylic acids is 1. The van der Waals surface area contributed by atoms with Gasteiger partial charge >= 0.3 is 5.97 Å². The first kappa shape index (κ1) is 13.3. The van der Waals surface area contributed by atoms with E-state index in [1.165, 1.54) is 25.0 Å². The molecule has 6 nitrogen and oxygen atoms in total. The first-order chi connectivity index (χ1) is 8.97. The third kappa shape index (κ3) is 2.83. The first-order valence-electron chi connectivity index (χ1n) is 6.23. The number of hydrogen-bond donors (Lipinski definition) is 2. The molecule has 0 unspecified atom stereocenters. The van der Waals surface area contributed by atoms with E-state index in [-0.39, 0.29) is 11.3 Å². The molecule has 0 aliphatic heterocycles. The fraction of sp³-hybridized carbons (Fsp3) is 0.462. The summed E-state index contributed by atoms with van der Waals surface area (Å²) in [6.07, 6.45) is 3.43. The van der Waals surface area contributed by atoms with E-state index in [0.29, 0.717) is 11.1 Å². The molecule has 1 aliphatic rings. The van der Waals surface area contributed by atoms with Crippen molar-refractivity contribution < 1.29 is 14.8 Å². The molecule has 1 aromatic rings. The second kappa shape index (κ2) is 4.87. The molecule has 0 radical (unpaired) electrons. The van der Waals surface area contributed by atoms with E-state index in [4.69, 9.17) is 5.11 Å². The molecule has 0 aromatic heterocycles. The summed E-state index contributed by atoms with van der Waals surface area (Å²) < 4.78 is 0. The second-order valence-electron chi connectivity index (χ2n) is 5.00. The molecule has 1 saturated carbocycles. The molecule has 19 heavy (non-hydrogen) atoms. The van der Waals surface area contributed by atoms with Crippen molar-refractivity contribution in [2.75, 3.05) is 11.9 Å². The van der Waals surface area contributed by atoms with E-state index >= 15 is 0 Å². The highest BCUT2D eigenvalue weighted by Gasteiger charge is 2.40. The van der Waals surface area contributed by atoms with Crippen LogP contribution in [0, 0.1) is 15.5 Å². The predicted molar refractivity (Wildman–Crippen MR) is 70.5 cm³/mol. The van der Waals surface area contributed by atoms with Crippen molar-refractivity contribution in [2.45, 2.75) is 26.2 Å². The number of aromatic carboxylic acids is 1. The fourth-order valence-corrected chi connectivity index (χ4v) is 2.10. The molecule has 1 aromatic carbocycles. The van der Waals surface area contributed by atoms with Gasteiger partial charge in [-0.1, -0.05) is 6.92 Å². The van der Waals surface area contributed by atoms with Crippen molar-refractivity contribution in [1.82, 2.24) is 0 Å². The smallest absolute Gasteiger partial charge is 0.342 e. The predicted octanol–water partition coefficient (Wildman–Crippen LogP) is 2.90. The fourth-order valence-electron chi connectivity index (χ4n) is 2.10. The van der Waals surface area contributed by atoms with Crippen molar-refractivity contribution in [1.29, 1.82) is 0 Å². The maximum atomic E-state index is 11.0. The zero-order valence-corrected chi connectivity index (χ0v) is 10.7. The minimum absolute atomic E-state index is 0.281. The Bertz CT molecular complexity index is 523. The lowest BCUT2D eigenvalue weighted by molar-refractivity contribution is -0.385. The summed E-state index contributed by atoms with van der Waals surface area (Å²) in [5, 5.41) is 22.9. The highest BCUT2D eigenvalue weighted by Crippen LogP contribution is 2.48.